The van der Waals surface area contributed by atoms with Gasteiger partial charge in [0.05, 0.1) is 10.8 Å². The summed E-state index contributed by atoms with van der Waals surface area (Å²) >= 11 is 5.86. The molecule has 1 aliphatic rings. The second kappa shape index (κ2) is 9.07. The third kappa shape index (κ3) is 4.87. The summed E-state index contributed by atoms with van der Waals surface area (Å²) in [5.41, 5.74) is 1.05. The zero-order valence-corrected chi connectivity index (χ0v) is 17.5. The van der Waals surface area contributed by atoms with Gasteiger partial charge in [-0.05, 0) is 60.7 Å². The van der Waals surface area contributed by atoms with Crippen LogP contribution in [0.5, 0.6) is 11.5 Å². The number of hydrogen-bond donors (Lipinski definition) is 1. The van der Waals surface area contributed by atoms with Crippen LogP contribution < -0.4 is 15.0 Å². The van der Waals surface area contributed by atoms with Gasteiger partial charge in [-0.25, -0.2) is 0 Å². The molecule has 1 saturated heterocycles. The molecule has 8 nitrogen and oxygen atoms in total. The summed E-state index contributed by atoms with van der Waals surface area (Å²) in [5, 5.41) is 14.2. The van der Waals surface area contributed by atoms with Crippen LogP contribution in [0.4, 0.5) is 17.1 Å². The number of rotatable bonds is 6. The van der Waals surface area contributed by atoms with E-state index in [0.717, 1.165) is 0 Å². The van der Waals surface area contributed by atoms with Gasteiger partial charge in [0.25, 0.3) is 5.69 Å². The van der Waals surface area contributed by atoms with Crippen molar-refractivity contribution in [1.82, 2.24) is 0 Å². The number of ether oxygens (including phenoxy) is 1. The summed E-state index contributed by atoms with van der Waals surface area (Å²) in [5.74, 6) is 0.246. The van der Waals surface area contributed by atoms with E-state index < -0.39 is 10.8 Å². The van der Waals surface area contributed by atoms with E-state index in [0.29, 0.717) is 27.9 Å². The molecule has 162 valence electrons. The molecule has 3 aromatic rings. The van der Waals surface area contributed by atoms with E-state index in [4.69, 9.17) is 16.3 Å². The Labute approximate surface area is 188 Å². The summed E-state index contributed by atoms with van der Waals surface area (Å²) < 4.78 is 5.73. The van der Waals surface area contributed by atoms with Gasteiger partial charge in [-0.15, -0.1) is 0 Å². The highest BCUT2D eigenvalue weighted by atomic mass is 35.5. The van der Waals surface area contributed by atoms with Crippen molar-refractivity contribution in [2.24, 2.45) is 5.92 Å². The Morgan fingerprint density at radius 3 is 2.19 bits per heavy atom. The van der Waals surface area contributed by atoms with Crippen molar-refractivity contribution in [2.45, 2.75) is 6.42 Å². The molecule has 1 N–H and O–H groups in total. The predicted molar refractivity (Wildman–Crippen MR) is 120 cm³/mol. The predicted octanol–water partition coefficient (Wildman–Crippen LogP) is 5.03. The first-order valence-corrected chi connectivity index (χ1v) is 10.2. The molecular weight excluding hydrogens is 434 g/mol. The molecular formula is C23H18ClN3O5. The molecule has 0 aromatic heterocycles. The third-order valence-corrected chi connectivity index (χ3v) is 5.29. The van der Waals surface area contributed by atoms with Crippen LogP contribution in [-0.4, -0.2) is 23.3 Å². The van der Waals surface area contributed by atoms with E-state index in [2.05, 4.69) is 5.32 Å². The van der Waals surface area contributed by atoms with Crippen LogP contribution in [0.1, 0.15) is 6.42 Å². The number of amides is 2. The molecule has 9 heteroatoms. The Morgan fingerprint density at radius 1 is 1.00 bits per heavy atom. The quantitative estimate of drug-likeness (QED) is 0.418. The maximum atomic E-state index is 12.7. The van der Waals surface area contributed by atoms with Crippen LogP contribution in [0.2, 0.25) is 5.02 Å². The molecule has 1 fully saturated rings. The Hall–Kier alpha value is -3.91. The average molecular weight is 452 g/mol. The lowest BCUT2D eigenvalue weighted by molar-refractivity contribution is -0.384. The Kier molecular flexibility index (Phi) is 6.04. The summed E-state index contributed by atoms with van der Waals surface area (Å²) in [6, 6.07) is 19.6. The SMILES string of the molecule is O=C(Nc1ccc(Oc2ccc(Cl)cc2)cc1)[C@@H]1CC(=O)N(c2ccc([N+](=O)[O-])cc2)C1. The lowest BCUT2D eigenvalue weighted by Gasteiger charge is -2.16. The molecule has 2 amide bonds. The standard InChI is InChI=1S/C23H18ClN3O5/c24-16-1-9-20(10-2-16)32-21-11-3-17(4-12-21)25-23(29)15-13-22(28)26(14-15)18-5-7-19(8-6-18)27(30)31/h1-12,15H,13-14H2,(H,25,29)/t15-/m1/s1. The van der Waals surface area contributed by atoms with Crippen molar-refractivity contribution in [2.75, 3.05) is 16.8 Å². The molecule has 0 saturated carbocycles. The number of nitro groups is 1. The molecule has 0 spiro atoms. The van der Waals surface area contributed by atoms with Gasteiger partial charge in [0.2, 0.25) is 11.8 Å². The second-order valence-electron chi connectivity index (χ2n) is 7.25. The maximum Gasteiger partial charge on any atom is 0.269 e. The first-order chi connectivity index (χ1) is 15.4. The zero-order chi connectivity index (χ0) is 22.7. The van der Waals surface area contributed by atoms with E-state index in [1.54, 1.807) is 48.5 Å². The average Bonchev–Trinajstić information content (AvgIpc) is 3.18. The number of halogens is 1. The van der Waals surface area contributed by atoms with Crippen LogP contribution in [0.25, 0.3) is 0 Å². The molecule has 4 rings (SSSR count). The maximum absolute atomic E-state index is 12.7. The van der Waals surface area contributed by atoms with Crippen LogP contribution in [-0.2, 0) is 9.59 Å². The molecule has 0 unspecified atom stereocenters. The number of benzene rings is 3. The smallest absolute Gasteiger partial charge is 0.269 e. The minimum Gasteiger partial charge on any atom is -0.457 e. The van der Waals surface area contributed by atoms with Gasteiger partial charge in [-0.3, -0.25) is 19.7 Å². The number of anilines is 2. The topological polar surface area (TPSA) is 102 Å². The van der Waals surface area contributed by atoms with Crippen molar-refractivity contribution in [3.8, 4) is 11.5 Å². The first-order valence-electron chi connectivity index (χ1n) is 9.78. The van der Waals surface area contributed by atoms with Gasteiger partial charge < -0.3 is 15.0 Å². The number of carbonyl (C=O) groups excluding carboxylic acids is 2. The molecule has 3 aromatic carbocycles. The monoisotopic (exact) mass is 451 g/mol. The van der Waals surface area contributed by atoms with Crippen molar-refractivity contribution in [3.05, 3.63) is 87.9 Å². The van der Waals surface area contributed by atoms with Crippen LogP contribution in [0.3, 0.4) is 0 Å². The Bertz CT molecular complexity index is 1150. The highest BCUT2D eigenvalue weighted by Crippen LogP contribution is 2.28. The molecule has 1 atom stereocenters. The van der Waals surface area contributed by atoms with Crippen LogP contribution in [0.15, 0.2) is 72.8 Å². The number of hydrogen-bond acceptors (Lipinski definition) is 5. The van der Waals surface area contributed by atoms with Gasteiger partial charge in [0, 0.05) is 41.5 Å². The highest BCUT2D eigenvalue weighted by molar-refractivity contribution is 6.30. The molecule has 1 aliphatic heterocycles. The molecule has 0 aliphatic carbocycles. The second-order valence-corrected chi connectivity index (χ2v) is 7.68. The first kappa shape index (κ1) is 21.3. The number of carbonyl (C=O) groups is 2. The summed E-state index contributed by atoms with van der Waals surface area (Å²) in [6.07, 6.45) is 0.0700. The summed E-state index contributed by atoms with van der Waals surface area (Å²) in [7, 11) is 0. The fourth-order valence-electron chi connectivity index (χ4n) is 3.38. The van der Waals surface area contributed by atoms with E-state index in [1.807, 2.05) is 0 Å². The lowest BCUT2D eigenvalue weighted by atomic mass is 10.1. The largest absolute Gasteiger partial charge is 0.457 e. The van der Waals surface area contributed by atoms with Crippen molar-refractivity contribution < 1.29 is 19.2 Å². The number of nitro benzene ring substituents is 1. The molecule has 32 heavy (non-hydrogen) atoms. The van der Waals surface area contributed by atoms with Gasteiger partial charge in [-0.1, -0.05) is 11.6 Å². The summed E-state index contributed by atoms with van der Waals surface area (Å²) in [4.78, 5) is 36.8. The molecule has 1 heterocycles. The summed E-state index contributed by atoms with van der Waals surface area (Å²) in [6.45, 7) is 0.209. The number of non-ortho nitro benzene ring substituents is 1. The van der Waals surface area contributed by atoms with Gasteiger partial charge in [0.15, 0.2) is 0 Å². The lowest BCUT2D eigenvalue weighted by Crippen LogP contribution is -2.28. The van der Waals surface area contributed by atoms with E-state index in [-0.39, 0.29) is 30.5 Å². The van der Waals surface area contributed by atoms with Gasteiger partial charge in [-0.2, -0.15) is 0 Å². The number of nitrogens with zero attached hydrogens (tertiary/aromatic N) is 2. The fraction of sp³-hybridized carbons (Fsp3) is 0.130. The normalized spacial score (nSPS) is 15.5. The molecule has 0 bridgehead atoms. The van der Waals surface area contributed by atoms with Gasteiger partial charge >= 0.3 is 0 Å². The van der Waals surface area contributed by atoms with E-state index >= 15 is 0 Å². The van der Waals surface area contributed by atoms with Crippen molar-refractivity contribution >= 4 is 40.5 Å². The van der Waals surface area contributed by atoms with Crippen LogP contribution in [0, 0.1) is 16.0 Å². The van der Waals surface area contributed by atoms with E-state index in [9.17, 15) is 19.7 Å². The van der Waals surface area contributed by atoms with Crippen molar-refractivity contribution in [3.63, 3.8) is 0 Å². The van der Waals surface area contributed by atoms with Gasteiger partial charge in [0.1, 0.15) is 11.5 Å². The zero-order valence-electron chi connectivity index (χ0n) is 16.7. The van der Waals surface area contributed by atoms with E-state index in [1.165, 1.54) is 29.2 Å². The minimum atomic E-state index is -0.525. The highest BCUT2D eigenvalue weighted by Gasteiger charge is 2.35. The van der Waals surface area contributed by atoms with Crippen molar-refractivity contribution in [1.29, 1.82) is 0 Å². The van der Waals surface area contributed by atoms with Crippen LogP contribution >= 0.6 is 11.6 Å². The number of nitrogens with one attached hydrogen (secondary N) is 1. The fourth-order valence-corrected chi connectivity index (χ4v) is 3.50. The Morgan fingerprint density at radius 2 is 1.59 bits per heavy atom. The minimum absolute atomic E-state index is 0.0572. The molecule has 0 radical (unpaired) electrons. The Balaban J connectivity index is 1.36. The third-order valence-electron chi connectivity index (χ3n) is 5.04.